The third-order valence-corrected chi connectivity index (χ3v) is 5.18. The van der Waals surface area contributed by atoms with Gasteiger partial charge in [-0.15, -0.1) is 0 Å². The van der Waals surface area contributed by atoms with Gasteiger partial charge in [0.15, 0.2) is 5.17 Å². The number of nitrogens with zero attached hydrogens (tertiary/aromatic N) is 1. The summed E-state index contributed by atoms with van der Waals surface area (Å²) in [6.07, 6.45) is 5.10. The average Bonchev–Trinajstić information content (AvgIpc) is 2.43. The topological polar surface area (TPSA) is 33.6 Å². The summed E-state index contributed by atoms with van der Waals surface area (Å²) in [6, 6.07) is 0. The lowest BCUT2D eigenvalue weighted by Gasteiger charge is -2.33. The van der Waals surface area contributed by atoms with E-state index >= 15 is 0 Å². The van der Waals surface area contributed by atoms with Crippen LogP contribution in [-0.2, 0) is 4.74 Å². The molecule has 1 aliphatic heterocycles. The van der Waals surface area contributed by atoms with Crippen molar-refractivity contribution in [3.63, 3.8) is 0 Å². The van der Waals surface area contributed by atoms with Crippen molar-refractivity contribution in [1.82, 2.24) is 5.32 Å². The lowest BCUT2D eigenvalue weighted by atomic mass is 9.84. The number of ether oxygens (including phenoxy) is 1. The van der Waals surface area contributed by atoms with Crippen molar-refractivity contribution in [2.24, 2.45) is 10.4 Å². The zero-order valence-electron chi connectivity index (χ0n) is 13.0. The van der Waals surface area contributed by atoms with E-state index in [0.29, 0.717) is 11.5 Å². The molecule has 19 heavy (non-hydrogen) atoms. The molecular formula is C15H30N2OS. The second-order valence-corrected chi connectivity index (χ2v) is 6.63. The van der Waals surface area contributed by atoms with Crippen molar-refractivity contribution >= 4 is 16.9 Å². The first-order valence-corrected chi connectivity index (χ1v) is 8.63. The first kappa shape index (κ1) is 16.8. The quantitative estimate of drug-likeness (QED) is 0.691. The molecule has 0 amide bonds. The van der Waals surface area contributed by atoms with E-state index in [1.807, 2.05) is 11.8 Å². The Labute approximate surface area is 123 Å². The van der Waals surface area contributed by atoms with Crippen LogP contribution in [0.4, 0.5) is 0 Å². The van der Waals surface area contributed by atoms with Crippen LogP contribution in [0.3, 0.4) is 0 Å². The minimum Gasteiger partial charge on any atom is -0.379 e. The van der Waals surface area contributed by atoms with Gasteiger partial charge in [0.1, 0.15) is 0 Å². The molecule has 0 saturated heterocycles. The van der Waals surface area contributed by atoms with E-state index in [1.165, 1.54) is 18.6 Å². The number of unbranched alkanes of at least 4 members (excludes halogenated alkanes) is 1. The van der Waals surface area contributed by atoms with Gasteiger partial charge < -0.3 is 10.1 Å². The average molecular weight is 286 g/mol. The third-order valence-electron chi connectivity index (χ3n) is 3.87. The van der Waals surface area contributed by atoms with Crippen LogP contribution >= 0.6 is 11.8 Å². The van der Waals surface area contributed by atoms with Crippen molar-refractivity contribution in [3.05, 3.63) is 0 Å². The van der Waals surface area contributed by atoms with Crippen molar-refractivity contribution in [1.29, 1.82) is 0 Å². The highest BCUT2D eigenvalue weighted by Gasteiger charge is 2.29. The van der Waals surface area contributed by atoms with E-state index in [2.05, 4.69) is 33.0 Å². The van der Waals surface area contributed by atoms with Gasteiger partial charge in [-0.1, -0.05) is 25.6 Å². The van der Waals surface area contributed by atoms with E-state index in [0.717, 1.165) is 37.7 Å². The van der Waals surface area contributed by atoms with Crippen molar-refractivity contribution < 1.29 is 4.74 Å². The largest absolute Gasteiger partial charge is 0.379 e. The standard InChI is InChI=1S/C15H30N2OS/c1-5-15(6-2)11-17-14(19-12-15)16-9-7-8-10-18-13(3)4/h13H,5-12H2,1-4H3,(H,16,17). The molecule has 0 bridgehead atoms. The van der Waals surface area contributed by atoms with Gasteiger partial charge in [0.25, 0.3) is 0 Å². The summed E-state index contributed by atoms with van der Waals surface area (Å²) in [5.74, 6) is 1.21. The molecule has 0 aromatic heterocycles. The van der Waals surface area contributed by atoms with Gasteiger partial charge in [-0.3, -0.25) is 4.99 Å². The molecule has 0 aromatic rings. The molecule has 0 radical (unpaired) electrons. The lowest BCUT2D eigenvalue weighted by Crippen LogP contribution is -2.34. The Balaban J connectivity index is 2.13. The van der Waals surface area contributed by atoms with Gasteiger partial charge in [-0.25, -0.2) is 0 Å². The lowest BCUT2D eigenvalue weighted by molar-refractivity contribution is 0.0762. The Kier molecular flexibility index (Phi) is 7.84. The maximum atomic E-state index is 5.53. The van der Waals surface area contributed by atoms with Gasteiger partial charge in [-0.05, 0) is 44.9 Å². The molecule has 4 heteroatoms. The van der Waals surface area contributed by atoms with Crippen LogP contribution in [0.15, 0.2) is 4.99 Å². The van der Waals surface area contributed by atoms with Gasteiger partial charge in [0, 0.05) is 25.4 Å². The Morgan fingerprint density at radius 3 is 2.58 bits per heavy atom. The molecule has 0 atom stereocenters. The Bertz CT molecular complexity index is 275. The Hall–Kier alpha value is -0.220. The first-order valence-electron chi connectivity index (χ1n) is 7.64. The SMILES string of the molecule is CCC1(CC)CN=C(NCCCCOC(C)C)SC1. The Morgan fingerprint density at radius 2 is 2.05 bits per heavy atom. The minimum absolute atomic E-state index is 0.349. The maximum Gasteiger partial charge on any atom is 0.156 e. The van der Waals surface area contributed by atoms with Crippen LogP contribution in [0.1, 0.15) is 53.4 Å². The molecule has 112 valence electrons. The summed E-state index contributed by atoms with van der Waals surface area (Å²) in [7, 11) is 0. The number of hydrogen-bond acceptors (Lipinski definition) is 4. The molecule has 0 aliphatic carbocycles. The van der Waals surface area contributed by atoms with E-state index in [9.17, 15) is 0 Å². The summed E-state index contributed by atoms with van der Waals surface area (Å²) < 4.78 is 5.53. The van der Waals surface area contributed by atoms with Gasteiger partial charge in [-0.2, -0.15) is 0 Å². The highest BCUT2D eigenvalue weighted by Crippen LogP contribution is 2.34. The molecule has 0 unspecified atom stereocenters. The second kappa shape index (κ2) is 8.85. The molecule has 3 nitrogen and oxygen atoms in total. The zero-order chi connectivity index (χ0) is 14.1. The molecular weight excluding hydrogens is 256 g/mol. The van der Waals surface area contributed by atoms with E-state index in [-0.39, 0.29) is 0 Å². The fraction of sp³-hybridized carbons (Fsp3) is 0.933. The normalized spacial score (nSPS) is 18.5. The number of hydrogen-bond donors (Lipinski definition) is 1. The van der Waals surface area contributed by atoms with Crippen LogP contribution in [0.2, 0.25) is 0 Å². The summed E-state index contributed by atoms with van der Waals surface area (Å²) in [4.78, 5) is 4.71. The van der Waals surface area contributed by atoms with Crippen LogP contribution in [0.25, 0.3) is 0 Å². The van der Waals surface area contributed by atoms with Gasteiger partial charge in [0.2, 0.25) is 0 Å². The molecule has 1 heterocycles. The third kappa shape index (κ3) is 6.17. The van der Waals surface area contributed by atoms with Gasteiger partial charge >= 0.3 is 0 Å². The molecule has 0 aromatic carbocycles. The van der Waals surface area contributed by atoms with E-state index < -0.39 is 0 Å². The molecule has 0 spiro atoms. The number of aliphatic imine (C=N–C) groups is 1. The van der Waals surface area contributed by atoms with E-state index in [4.69, 9.17) is 9.73 Å². The molecule has 0 saturated carbocycles. The van der Waals surface area contributed by atoms with Crippen molar-refractivity contribution in [2.75, 3.05) is 25.4 Å². The molecule has 1 rings (SSSR count). The van der Waals surface area contributed by atoms with Crippen molar-refractivity contribution in [2.45, 2.75) is 59.5 Å². The zero-order valence-corrected chi connectivity index (χ0v) is 13.8. The minimum atomic E-state index is 0.349. The summed E-state index contributed by atoms with van der Waals surface area (Å²) in [5.41, 5.74) is 0.445. The smallest absolute Gasteiger partial charge is 0.156 e. The van der Waals surface area contributed by atoms with Crippen LogP contribution < -0.4 is 5.32 Å². The highest BCUT2D eigenvalue weighted by atomic mass is 32.2. The van der Waals surface area contributed by atoms with Crippen LogP contribution in [0.5, 0.6) is 0 Å². The number of rotatable bonds is 8. The van der Waals surface area contributed by atoms with Crippen LogP contribution in [-0.4, -0.2) is 36.7 Å². The molecule has 1 aliphatic rings. The summed E-state index contributed by atoms with van der Waals surface area (Å²) in [5, 5.41) is 4.59. The van der Waals surface area contributed by atoms with E-state index in [1.54, 1.807) is 0 Å². The predicted molar refractivity (Wildman–Crippen MR) is 86.1 cm³/mol. The fourth-order valence-corrected chi connectivity index (χ4v) is 3.38. The monoisotopic (exact) mass is 286 g/mol. The first-order chi connectivity index (χ1) is 9.12. The summed E-state index contributed by atoms with van der Waals surface area (Å²) in [6.45, 7) is 11.6. The maximum absolute atomic E-state index is 5.53. The van der Waals surface area contributed by atoms with Gasteiger partial charge in [0.05, 0.1) is 6.10 Å². The molecule has 1 N–H and O–H groups in total. The van der Waals surface area contributed by atoms with Crippen molar-refractivity contribution in [3.8, 4) is 0 Å². The van der Waals surface area contributed by atoms with Crippen LogP contribution in [0, 0.1) is 5.41 Å². The second-order valence-electron chi connectivity index (χ2n) is 5.67. The Morgan fingerprint density at radius 1 is 1.32 bits per heavy atom. The molecule has 0 fully saturated rings. The predicted octanol–water partition coefficient (Wildman–Crippen LogP) is 3.69. The highest BCUT2D eigenvalue weighted by molar-refractivity contribution is 8.13. The number of nitrogens with one attached hydrogen (secondary N) is 1. The number of amidine groups is 1. The fourth-order valence-electron chi connectivity index (χ4n) is 2.08. The number of thioether (sulfide) groups is 1. The summed E-state index contributed by atoms with van der Waals surface area (Å²) >= 11 is 1.90.